The molecular formula is C20H18N4O3. The van der Waals surface area contributed by atoms with E-state index in [9.17, 15) is 14.4 Å². The van der Waals surface area contributed by atoms with Gasteiger partial charge in [-0.25, -0.2) is 0 Å². The molecule has 1 aromatic heterocycles. The molecular weight excluding hydrogens is 344 g/mol. The van der Waals surface area contributed by atoms with Crippen LogP contribution in [0.15, 0.2) is 53.5 Å². The van der Waals surface area contributed by atoms with Crippen LogP contribution < -0.4 is 21.1 Å². The lowest BCUT2D eigenvalue weighted by atomic mass is 10.1. The van der Waals surface area contributed by atoms with Gasteiger partial charge >= 0.3 is 0 Å². The van der Waals surface area contributed by atoms with Gasteiger partial charge in [0.05, 0.1) is 11.4 Å². The Bertz CT molecular complexity index is 1140. The number of likely N-dealkylation sites (N-methyl/N-ethyl adjacent to an activating group) is 1. The van der Waals surface area contributed by atoms with Gasteiger partial charge in [0.25, 0.3) is 11.5 Å². The fourth-order valence-corrected chi connectivity index (χ4v) is 3.23. The second-order valence-electron chi connectivity index (χ2n) is 6.54. The van der Waals surface area contributed by atoms with Gasteiger partial charge in [0.2, 0.25) is 5.91 Å². The molecule has 7 heteroatoms. The van der Waals surface area contributed by atoms with Crippen LogP contribution in [-0.4, -0.2) is 29.9 Å². The maximum absolute atomic E-state index is 12.7. The molecule has 27 heavy (non-hydrogen) atoms. The number of H-pyrrole nitrogens is 1. The smallest absolute Gasteiger partial charge is 0.255 e. The Morgan fingerprint density at radius 2 is 1.93 bits per heavy atom. The van der Waals surface area contributed by atoms with Crippen molar-refractivity contribution in [2.45, 2.75) is 13.0 Å². The number of amides is 2. The number of nitrogens with one attached hydrogen (secondary N) is 3. The number of pyridine rings is 1. The molecule has 0 fully saturated rings. The van der Waals surface area contributed by atoms with E-state index in [0.717, 1.165) is 5.69 Å². The molecule has 4 rings (SSSR count). The van der Waals surface area contributed by atoms with Crippen molar-refractivity contribution >= 4 is 39.6 Å². The third kappa shape index (κ3) is 2.83. The number of hydrogen-bond donors (Lipinski definition) is 3. The quantitative estimate of drug-likeness (QED) is 0.653. The third-order valence-electron chi connectivity index (χ3n) is 4.92. The number of benzene rings is 2. The molecule has 3 N–H and O–H groups in total. The monoisotopic (exact) mass is 362 g/mol. The zero-order valence-electron chi connectivity index (χ0n) is 14.9. The maximum atomic E-state index is 12.7. The van der Waals surface area contributed by atoms with Gasteiger partial charge < -0.3 is 20.5 Å². The lowest BCUT2D eigenvalue weighted by Gasteiger charge is -2.33. The first-order valence-corrected chi connectivity index (χ1v) is 8.55. The first-order chi connectivity index (χ1) is 13.0. The minimum absolute atomic E-state index is 0.115. The standard InChI is InChI=1S/C20H18N4O3/c1-11-18(25)23-16-10-12(6-7-17(16)24(11)2)19(26)22-15-5-3-4-14-13(15)8-9-21-20(14)27/h3-11H,1-2H3,(H,21,27)(H,22,26)(H,23,25). The molecule has 1 unspecified atom stereocenters. The Labute approximate surface area is 155 Å². The van der Waals surface area contributed by atoms with Crippen molar-refractivity contribution < 1.29 is 9.59 Å². The van der Waals surface area contributed by atoms with Crippen molar-refractivity contribution in [1.82, 2.24) is 4.98 Å². The van der Waals surface area contributed by atoms with Gasteiger partial charge in [-0.3, -0.25) is 14.4 Å². The van der Waals surface area contributed by atoms with E-state index in [1.54, 1.807) is 42.6 Å². The minimum atomic E-state index is -0.318. The summed E-state index contributed by atoms with van der Waals surface area (Å²) in [5, 5.41) is 6.84. The van der Waals surface area contributed by atoms with Crippen molar-refractivity contribution in [2.75, 3.05) is 22.6 Å². The molecule has 0 radical (unpaired) electrons. The van der Waals surface area contributed by atoms with E-state index in [-0.39, 0.29) is 23.4 Å². The van der Waals surface area contributed by atoms with Crippen LogP contribution in [-0.2, 0) is 4.79 Å². The van der Waals surface area contributed by atoms with E-state index < -0.39 is 0 Å². The second kappa shape index (κ2) is 6.28. The van der Waals surface area contributed by atoms with E-state index in [2.05, 4.69) is 15.6 Å². The third-order valence-corrected chi connectivity index (χ3v) is 4.92. The fraction of sp³-hybridized carbons (Fsp3) is 0.150. The van der Waals surface area contributed by atoms with Crippen LogP contribution in [0.1, 0.15) is 17.3 Å². The van der Waals surface area contributed by atoms with Crippen molar-refractivity contribution in [3.8, 4) is 0 Å². The van der Waals surface area contributed by atoms with Crippen LogP contribution in [0.25, 0.3) is 10.8 Å². The maximum Gasteiger partial charge on any atom is 0.255 e. The summed E-state index contributed by atoms with van der Waals surface area (Å²) in [6.45, 7) is 1.82. The highest BCUT2D eigenvalue weighted by atomic mass is 16.2. The van der Waals surface area contributed by atoms with Crippen molar-refractivity contribution in [2.24, 2.45) is 0 Å². The Balaban J connectivity index is 1.67. The molecule has 0 saturated heterocycles. The highest BCUT2D eigenvalue weighted by molar-refractivity contribution is 6.11. The van der Waals surface area contributed by atoms with E-state index in [0.29, 0.717) is 27.7 Å². The van der Waals surface area contributed by atoms with Crippen molar-refractivity contribution in [3.05, 3.63) is 64.6 Å². The summed E-state index contributed by atoms with van der Waals surface area (Å²) < 4.78 is 0. The Morgan fingerprint density at radius 1 is 1.11 bits per heavy atom. The molecule has 0 saturated carbocycles. The molecule has 2 amide bonds. The number of rotatable bonds is 2. The van der Waals surface area contributed by atoms with Crippen LogP contribution in [0.2, 0.25) is 0 Å². The van der Waals surface area contributed by atoms with Gasteiger partial charge in [-0.05, 0) is 43.3 Å². The van der Waals surface area contributed by atoms with E-state index in [4.69, 9.17) is 0 Å². The van der Waals surface area contributed by atoms with Crippen molar-refractivity contribution in [1.29, 1.82) is 0 Å². The number of anilines is 3. The molecule has 2 aromatic carbocycles. The van der Waals surface area contributed by atoms with Crippen LogP contribution >= 0.6 is 0 Å². The first-order valence-electron chi connectivity index (χ1n) is 8.55. The largest absolute Gasteiger partial charge is 0.361 e. The average molecular weight is 362 g/mol. The summed E-state index contributed by atoms with van der Waals surface area (Å²) in [7, 11) is 1.84. The summed E-state index contributed by atoms with van der Waals surface area (Å²) in [4.78, 5) is 41.2. The number of fused-ring (bicyclic) bond motifs is 2. The molecule has 136 valence electrons. The number of nitrogens with zero attached hydrogens (tertiary/aromatic N) is 1. The van der Waals surface area contributed by atoms with Crippen LogP contribution in [0, 0.1) is 0 Å². The summed E-state index contributed by atoms with van der Waals surface area (Å²) in [6, 6.07) is 11.8. The summed E-state index contributed by atoms with van der Waals surface area (Å²) >= 11 is 0. The highest BCUT2D eigenvalue weighted by Crippen LogP contribution is 2.32. The molecule has 0 spiro atoms. The van der Waals surface area contributed by atoms with Crippen LogP contribution in [0.4, 0.5) is 17.1 Å². The zero-order valence-corrected chi connectivity index (χ0v) is 14.9. The van der Waals surface area contributed by atoms with E-state index >= 15 is 0 Å². The first kappa shape index (κ1) is 16.8. The number of aromatic nitrogens is 1. The summed E-state index contributed by atoms with van der Waals surface area (Å²) in [6.07, 6.45) is 1.55. The molecule has 0 aliphatic carbocycles. The Kier molecular flexibility index (Phi) is 3.92. The topological polar surface area (TPSA) is 94.3 Å². The van der Waals surface area contributed by atoms with E-state index in [1.165, 1.54) is 0 Å². The Morgan fingerprint density at radius 3 is 2.74 bits per heavy atom. The van der Waals surface area contributed by atoms with Crippen LogP contribution in [0.3, 0.4) is 0 Å². The van der Waals surface area contributed by atoms with E-state index in [1.807, 2.05) is 24.9 Å². The number of hydrogen-bond acceptors (Lipinski definition) is 4. The molecule has 1 aliphatic rings. The van der Waals surface area contributed by atoms with Gasteiger partial charge in [0.1, 0.15) is 6.04 Å². The number of aromatic amines is 1. The zero-order chi connectivity index (χ0) is 19.1. The summed E-state index contributed by atoms with van der Waals surface area (Å²) in [5.74, 6) is -0.433. The van der Waals surface area contributed by atoms with Gasteiger partial charge in [-0.1, -0.05) is 6.07 Å². The lowest BCUT2D eigenvalue weighted by Crippen LogP contribution is -2.43. The average Bonchev–Trinajstić information content (AvgIpc) is 2.66. The lowest BCUT2D eigenvalue weighted by molar-refractivity contribution is -0.117. The highest BCUT2D eigenvalue weighted by Gasteiger charge is 2.27. The molecule has 1 atom stereocenters. The molecule has 1 aliphatic heterocycles. The fourth-order valence-electron chi connectivity index (χ4n) is 3.23. The Hall–Kier alpha value is -3.61. The van der Waals surface area contributed by atoms with Crippen molar-refractivity contribution in [3.63, 3.8) is 0 Å². The predicted molar refractivity (Wildman–Crippen MR) is 105 cm³/mol. The molecule has 3 aromatic rings. The SMILES string of the molecule is CC1C(=O)Nc2cc(C(=O)Nc3cccc4c(=O)[nH]ccc34)ccc2N1C. The van der Waals surface area contributed by atoms with Gasteiger partial charge in [0.15, 0.2) is 0 Å². The van der Waals surface area contributed by atoms with Gasteiger partial charge in [-0.2, -0.15) is 0 Å². The van der Waals surface area contributed by atoms with Gasteiger partial charge in [0, 0.05) is 35.3 Å². The predicted octanol–water partition coefficient (Wildman–Crippen LogP) is 2.56. The summed E-state index contributed by atoms with van der Waals surface area (Å²) in [5.41, 5.74) is 2.21. The minimum Gasteiger partial charge on any atom is -0.361 e. The number of carbonyl (C=O) groups is 2. The second-order valence-corrected chi connectivity index (χ2v) is 6.54. The normalized spacial score (nSPS) is 16.0. The van der Waals surface area contributed by atoms with Gasteiger partial charge in [-0.15, -0.1) is 0 Å². The molecule has 0 bridgehead atoms. The molecule has 7 nitrogen and oxygen atoms in total. The molecule has 2 heterocycles. The van der Waals surface area contributed by atoms with Crippen LogP contribution in [0.5, 0.6) is 0 Å². The number of carbonyl (C=O) groups excluding carboxylic acids is 2.